The zero-order valence-corrected chi connectivity index (χ0v) is 9.50. The second-order valence-corrected chi connectivity index (χ2v) is 3.84. The summed E-state index contributed by atoms with van der Waals surface area (Å²) in [6, 6.07) is 6.59. The van der Waals surface area contributed by atoms with Crippen LogP contribution in [0.15, 0.2) is 36.5 Å². The van der Waals surface area contributed by atoms with Gasteiger partial charge in [0.15, 0.2) is 0 Å². The van der Waals surface area contributed by atoms with Crippen LogP contribution in [0.3, 0.4) is 0 Å². The average molecular weight is 245 g/mol. The molecule has 2 rings (SSSR count). The van der Waals surface area contributed by atoms with Crippen molar-refractivity contribution in [2.75, 3.05) is 0 Å². The van der Waals surface area contributed by atoms with Crippen molar-refractivity contribution in [1.29, 1.82) is 0 Å². The molecule has 5 nitrogen and oxygen atoms in total. The molecular formula is C13H11NO4. The number of rotatable bonds is 4. The largest absolute Gasteiger partial charge is 0.481 e. The van der Waals surface area contributed by atoms with Gasteiger partial charge in [-0.1, -0.05) is 18.2 Å². The number of carboxylic acids is 1. The molecule has 0 spiro atoms. The number of carbonyl (C=O) groups excluding carboxylic acids is 2. The number of nitrogens with zero attached hydrogens (tertiary/aromatic N) is 1. The molecule has 0 radical (unpaired) electrons. The van der Waals surface area contributed by atoms with Crippen molar-refractivity contribution in [1.82, 2.24) is 4.90 Å². The third kappa shape index (κ3) is 2.15. The van der Waals surface area contributed by atoms with E-state index in [0.29, 0.717) is 11.1 Å². The highest BCUT2D eigenvalue weighted by molar-refractivity contribution is 6.22. The van der Waals surface area contributed by atoms with Gasteiger partial charge in [-0.3, -0.25) is 14.4 Å². The molecule has 0 saturated carbocycles. The fourth-order valence-corrected chi connectivity index (χ4v) is 1.73. The van der Waals surface area contributed by atoms with E-state index in [1.807, 2.05) is 0 Å². The summed E-state index contributed by atoms with van der Waals surface area (Å²) in [5, 5.41) is 8.47. The molecule has 5 heteroatoms. The number of carbonyl (C=O) groups is 3. The van der Waals surface area contributed by atoms with Gasteiger partial charge in [0, 0.05) is 12.6 Å². The Hall–Kier alpha value is -2.43. The summed E-state index contributed by atoms with van der Waals surface area (Å²) in [7, 11) is 0. The Kier molecular flexibility index (Phi) is 3.23. The maximum atomic E-state index is 11.9. The highest BCUT2D eigenvalue weighted by atomic mass is 16.4. The van der Waals surface area contributed by atoms with Gasteiger partial charge in [-0.25, -0.2) is 4.90 Å². The molecule has 0 atom stereocenters. The molecule has 1 aliphatic rings. The second kappa shape index (κ2) is 4.83. The summed E-state index contributed by atoms with van der Waals surface area (Å²) in [6.45, 7) is 0. The Balaban J connectivity index is 2.11. The number of benzene rings is 1. The molecule has 1 aromatic rings. The van der Waals surface area contributed by atoms with Crippen LogP contribution in [0.1, 0.15) is 33.6 Å². The first-order chi connectivity index (χ1) is 8.61. The molecule has 1 aromatic carbocycles. The molecule has 0 bridgehead atoms. The summed E-state index contributed by atoms with van der Waals surface area (Å²) in [5.41, 5.74) is 0.760. The number of hydrogen-bond donors (Lipinski definition) is 1. The first-order valence-electron chi connectivity index (χ1n) is 5.46. The zero-order chi connectivity index (χ0) is 13.1. The van der Waals surface area contributed by atoms with E-state index in [1.165, 1.54) is 12.3 Å². The quantitative estimate of drug-likeness (QED) is 0.818. The molecule has 92 valence electrons. The molecule has 2 amide bonds. The van der Waals surface area contributed by atoms with Gasteiger partial charge < -0.3 is 5.11 Å². The number of aliphatic carboxylic acids is 1. The topological polar surface area (TPSA) is 74.7 Å². The van der Waals surface area contributed by atoms with E-state index < -0.39 is 5.97 Å². The summed E-state index contributed by atoms with van der Waals surface area (Å²) in [5.74, 6) is -1.66. The first-order valence-corrected chi connectivity index (χ1v) is 5.46. The Morgan fingerprint density at radius 3 is 2.22 bits per heavy atom. The van der Waals surface area contributed by atoms with Crippen LogP contribution in [0.25, 0.3) is 0 Å². The van der Waals surface area contributed by atoms with Crippen molar-refractivity contribution in [3.05, 3.63) is 47.7 Å². The highest BCUT2D eigenvalue weighted by Crippen LogP contribution is 2.22. The fraction of sp³-hybridized carbons (Fsp3) is 0.154. The standard InChI is InChI=1S/C13H11NO4/c15-11(16)7-3-4-8-14-12(17)9-5-1-2-6-10(9)13(14)18/h1-2,4-6,8H,3,7H2,(H,15,16)/b8-4+. The molecule has 1 aliphatic heterocycles. The van der Waals surface area contributed by atoms with Gasteiger partial charge in [-0.05, 0) is 18.6 Å². The van der Waals surface area contributed by atoms with Crippen molar-refractivity contribution >= 4 is 17.8 Å². The number of amides is 2. The Labute approximate surface area is 103 Å². The summed E-state index contributed by atoms with van der Waals surface area (Å²) in [6.07, 6.45) is 3.10. The smallest absolute Gasteiger partial charge is 0.303 e. The first kappa shape index (κ1) is 12.0. The number of allylic oxidation sites excluding steroid dienone is 1. The second-order valence-electron chi connectivity index (χ2n) is 3.84. The van der Waals surface area contributed by atoms with E-state index in [9.17, 15) is 14.4 Å². The third-order valence-corrected chi connectivity index (χ3v) is 2.60. The minimum absolute atomic E-state index is 0.0281. The van der Waals surface area contributed by atoms with Crippen LogP contribution in [0.4, 0.5) is 0 Å². The van der Waals surface area contributed by atoms with Crippen molar-refractivity contribution in [3.63, 3.8) is 0 Å². The van der Waals surface area contributed by atoms with Gasteiger partial charge in [0.25, 0.3) is 11.8 Å². The highest BCUT2D eigenvalue weighted by Gasteiger charge is 2.33. The molecule has 1 heterocycles. The number of carboxylic acid groups (broad SMARTS) is 1. The molecule has 0 aliphatic carbocycles. The maximum Gasteiger partial charge on any atom is 0.303 e. The molecule has 0 saturated heterocycles. The lowest BCUT2D eigenvalue weighted by Crippen LogP contribution is -2.23. The van der Waals surface area contributed by atoms with Gasteiger partial charge in [0.05, 0.1) is 11.1 Å². The van der Waals surface area contributed by atoms with E-state index >= 15 is 0 Å². The van der Waals surface area contributed by atoms with E-state index in [1.54, 1.807) is 24.3 Å². The van der Waals surface area contributed by atoms with E-state index in [4.69, 9.17) is 5.11 Å². The molecule has 1 N–H and O–H groups in total. The van der Waals surface area contributed by atoms with Crippen LogP contribution >= 0.6 is 0 Å². The van der Waals surface area contributed by atoms with Gasteiger partial charge >= 0.3 is 5.97 Å². The maximum absolute atomic E-state index is 11.9. The normalized spacial score (nSPS) is 14.3. The lowest BCUT2D eigenvalue weighted by atomic mass is 10.1. The molecule has 0 aromatic heterocycles. The summed E-state index contributed by atoms with van der Waals surface area (Å²) >= 11 is 0. The third-order valence-electron chi connectivity index (χ3n) is 2.60. The summed E-state index contributed by atoms with van der Waals surface area (Å²) in [4.78, 5) is 35.1. The van der Waals surface area contributed by atoms with Crippen molar-refractivity contribution < 1.29 is 19.5 Å². The Bertz CT molecular complexity index is 513. The minimum atomic E-state index is -0.915. The SMILES string of the molecule is O=C(O)CC/C=C/N1C(=O)c2ccccc2C1=O. The zero-order valence-electron chi connectivity index (χ0n) is 9.50. The lowest BCUT2D eigenvalue weighted by Gasteiger charge is -2.06. The number of imide groups is 1. The predicted octanol–water partition coefficient (Wildman–Crippen LogP) is 1.66. The van der Waals surface area contributed by atoms with E-state index in [2.05, 4.69) is 0 Å². The van der Waals surface area contributed by atoms with Crippen molar-refractivity contribution in [2.45, 2.75) is 12.8 Å². The molecule has 0 unspecified atom stereocenters. The van der Waals surface area contributed by atoms with Crippen LogP contribution in [-0.4, -0.2) is 27.8 Å². The van der Waals surface area contributed by atoms with Crippen LogP contribution < -0.4 is 0 Å². The fourth-order valence-electron chi connectivity index (χ4n) is 1.73. The van der Waals surface area contributed by atoms with Crippen LogP contribution in [0, 0.1) is 0 Å². The monoisotopic (exact) mass is 245 g/mol. The van der Waals surface area contributed by atoms with E-state index in [-0.39, 0.29) is 24.7 Å². The van der Waals surface area contributed by atoms with E-state index in [0.717, 1.165) is 4.90 Å². The van der Waals surface area contributed by atoms with Gasteiger partial charge in [0.2, 0.25) is 0 Å². The van der Waals surface area contributed by atoms with Gasteiger partial charge in [-0.15, -0.1) is 0 Å². The van der Waals surface area contributed by atoms with Gasteiger partial charge in [-0.2, -0.15) is 0 Å². The van der Waals surface area contributed by atoms with Crippen molar-refractivity contribution in [2.24, 2.45) is 0 Å². The Morgan fingerprint density at radius 2 is 1.72 bits per heavy atom. The van der Waals surface area contributed by atoms with Crippen molar-refractivity contribution in [3.8, 4) is 0 Å². The lowest BCUT2D eigenvalue weighted by molar-refractivity contribution is -0.136. The van der Waals surface area contributed by atoms with Gasteiger partial charge in [0.1, 0.15) is 0 Å². The predicted molar refractivity (Wildman–Crippen MR) is 63.0 cm³/mol. The van der Waals surface area contributed by atoms with Crippen LogP contribution in [0.5, 0.6) is 0 Å². The van der Waals surface area contributed by atoms with Crippen LogP contribution in [-0.2, 0) is 4.79 Å². The molecule has 0 fully saturated rings. The number of hydrogen-bond acceptors (Lipinski definition) is 3. The summed E-state index contributed by atoms with van der Waals surface area (Å²) < 4.78 is 0. The Morgan fingerprint density at radius 1 is 1.17 bits per heavy atom. The molecule has 18 heavy (non-hydrogen) atoms. The van der Waals surface area contributed by atoms with Crippen LogP contribution in [0.2, 0.25) is 0 Å². The molecular weight excluding hydrogens is 234 g/mol. The minimum Gasteiger partial charge on any atom is -0.481 e. The number of fused-ring (bicyclic) bond motifs is 1. The average Bonchev–Trinajstić information content (AvgIpc) is 2.59.